The number of esters is 1. The summed E-state index contributed by atoms with van der Waals surface area (Å²) in [6.45, 7) is 8.68. The zero-order chi connectivity index (χ0) is 20.9. The maximum Gasteiger partial charge on any atom is 0.305 e. The van der Waals surface area contributed by atoms with Crippen molar-refractivity contribution in [1.82, 2.24) is 0 Å². The van der Waals surface area contributed by atoms with E-state index in [4.69, 9.17) is 4.74 Å². The average molecular weight is 477 g/mol. The number of rotatable bonds is 21. The molecule has 3 nitrogen and oxygen atoms in total. The van der Waals surface area contributed by atoms with Crippen LogP contribution in [0.25, 0.3) is 0 Å². The topological polar surface area (TPSA) is 26.3 Å². The van der Waals surface area contributed by atoms with Gasteiger partial charge in [0.05, 0.1) is 20.6 Å². The number of hydrogen-bond acceptors (Lipinski definition) is 2. The van der Waals surface area contributed by atoms with Gasteiger partial charge in [0.25, 0.3) is 0 Å². The molecule has 0 spiro atoms. The van der Waals surface area contributed by atoms with E-state index in [1.807, 2.05) is 6.08 Å². The van der Waals surface area contributed by atoms with Gasteiger partial charge in [-0.05, 0) is 32.1 Å². The number of allylic oxidation sites excluding steroid dienone is 1. The van der Waals surface area contributed by atoms with Gasteiger partial charge < -0.3 is 26.2 Å². The Morgan fingerprint density at radius 3 is 1.90 bits per heavy atom. The molecule has 0 aromatic heterocycles. The molecule has 0 amide bonds. The van der Waals surface area contributed by atoms with Crippen LogP contribution in [0.4, 0.5) is 0 Å². The largest absolute Gasteiger partial charge is 1.00 e. The summed E-state index contributed by atoms with van der Waals surface area (Å²) in [6, 6.07) is 0. The fraction of sp³-hybridized carbons (Fsp3) is 0.880. The van der Waals surface area contributed by atoms with Crippen molar-refractivity contribution in [3.63, 3.8) is 0 Å². The number of ether oxygens (including phenoxy) is 1. The Bertz CT molecular complexity index is 372. The summed E-state index contributed by atoms with van der Waals surface area (Å²) >= 11 is 0. The number of unbranched alkanes of at least 4 members (excludes halogenated alkanes) is 13. The smallest absolute Gasteiger partial charge is 0.305 e. The van der Waals surface area contributed by atoms with Crippen molar-refractivity contribution < 1.29 is 31.0 Å². The molecule has 4 heteroatoms. The number of likely N-dealkylation sites (N-methyl/N-ethyl adjacent to an activating group) is 1. The molecule has 0 unspecified atom stereocenters. The van der Waals surface area contributed by atoms with Gasteiger partial charge in [-0.25, -0.2) is 0 Å². The van der Waals surface area contributed by atoms with Crippen molar-refractivity contribution in [2.24, 2.45) is 0 Å². The standard InChI is InChI=1S/C25H50NO2.BrH/c1-5-7-9-11-13-15-17-19-21-25(27)28-24-23-26(3,4)22-20-18-16-14-12-10-8-6-2;/h5H,1,6-24H2,2-4H3;1H/q+1;/p-1. The minimum Gasteiger partial charge on any atom is -1.00 e. The summed E-state index contributed by atoms with van der Waals surface area (Å²) in [5.41, 5.74) is 0. The van der Waals surface area contributed by atoms with Crippen molar-refractivity contribution >= 4 is 5.97 Å². The Morgan fingerprint density at radius 2 is 1.31 bits per heavy atom. The zero-order valence-electron chi connectivity index (χ0n) is 19.9. The van der Waals surface area contributed by atoms with Gasteiger partial charge in [-0.1, -0.05) is 77.2 Å². The fourth-order valence-electron chi connectivity index (χ4n) is 3.53. The molecular weight excluding hydrogens is 426 g/mol. The van der Waals surface area contributed by atoms with Crippen molar-refractivity contribution in [3.05, 3.63) is 12.7 Å². The summed E-state index contributed by atoms with van der Waals surface area (Å²) in [6.07, 6.45) is 21.7. The number of carbonyl (C=O) groups is 1. The van der Waals surface area contributed by atoms with Crippen molar-refractivity contribution in [3.8, 4) is 0 Å². The Balaban J connectivity index is 0. The third-order valence-corrected chi connectivity index (χ3v) is 5.62. The van der Waals surface area contributed by atoms with Crippen LogP contribution in [-0.4, -0.2) is 44.2 Å². The predicted octanol–water partition coefficient (Wildman–Crippen LogP) is 4.06. The molecule has 0 aliphatic carbocycles. The van der Waals surface area contributed by atoms with Crippen LogP contribution < -0.4 is 17.0 Å². The number of carbonyl (C=O) groups excluding carboxylic acids is 1. The van der Waals surface area contributed by atoms with E-state index in [-0.39, 0.29) is 23.0 Å². The van der Waals surface area contributed by atoms with Crippen LogP contribution in [0.3, 0.4) is 0 Å². The first-order valence-corrected chi connectivity index (χ1v) is 12.1. The Hall–Kier alpha value is -0.350. The summed E-state index contributed by atoms with van der Waals surface area (Å²) in [4.78, 5) is 11.9. The molecule has 0 rings (SSSR count). The molecule has 29 heavy (non-hydrogen) atoms. The van der Waals surface area contributed by atoms with Gasteiger partial charge in [-0.15, -0.1) is 6.58 Å². The predicted molar refractivity (Wildman–Crippen MR) is 123 cm³/mol. The third kappa shape index (κ3) is 23.8. The van der Waals surface area contributed by atoms with E-state index < -0.39 is 0 Å². The van der Waals surface area contributed by atoms with E-state index in [1.54, 1.807) is 0 Å². The zero-order valence-corrected chi connectivity index (χ0v) is 21.4. The molecule has 0 aromatic rings. The molecule has 0 bridgehead atoms. The van der Waals surface area contributed by atoms with Gasteiger partial charge in [0, 0.05) is 6.42 Å². The van der Waals surface area contributed by atoms with E-state index in [0.29, 0.717) is 13.0 Å². The second-order valence-electron chi connectivity index (χ2n) is 9.03. The highest BCUT2D eigenvalue weighted by molar-refractivity contribution is 5.69. The first-order chi connectivity index (χ1) is 13.5. The van der Waals surface area contributed by atoms with Gasteiger partial charge in [0.1, 0.15) is 13.2 Å². The molecule has 0 saturated heterocycles. The Morgan fingerprint density at radius 1 is 0.793 bits per heavy atom. The lowest BCUT2D eigenvalue weighted by atomic mass is 10.1. The Labute approximate surface area is 193 Å². The number of hydrogen-bond donors (Lipinski definition) is 0. The molecule has 0 heterocycles. The van der Waals surface area contributed by atoms with Crippen LogP contribution in [0.1, 0.15) is 110 Å². The van der Waals surface area contributed by atoms with E-state index in [2.05, 4.69) is 27.6 Å². The van der Waals surface area contributed by atoms with E-state index in [0.717, 1.165) is 30.3 Å². The minimum atomic E-state index is -0.0151. The quantitative estimate of drug-likeness (QED) is 0.108. The second kappa shape index (κ2) is 22.3. The third-order valence-electron chi connectivity index (χ3n) is 5.62. The normalized spacial score (nSPS) is 11.1. The monoisotopic (exact) mass is 475 g/mol. The van der Waals surface area contributed by atoms with Crippen LogP contribution in [0, 0.1) is 0 Å². The maximum absolute atomic E-state index is 11.9. The highest BCUT2D eigenvalue weighted by Crippen LogP contribution is 2.11. The summed E-state index contributed by atoms with van der Waals surface area (Å²) < 4.78 is 6.41. The molecule has 174 valence electrons. The van der Waals surface area contributed by atoms with Gasteiger partial charge in [0.2, 0.25) is 0 Å². The first-order valence-electron chi connectivity index (χ1n) is 12.1. The Kier molecular flexibility index (Phi) is 23.8. The van der Waals surface area contributed by atoms with Crippen LogP contribution in [-0.2, 0) is 9.53 Å². The molecule has 0 aliphatic rings. The van der Waals surface area contributed by atoms with Crippen LogP contribution in [0.15, 0.2) is 12.7 Å². The molecular formula is C25H50BrNO2. The average Bonchev–Trinajstić information content (AvgIpc) is 2.66. The molecule has 0 aromatic carbocycles. The molecule has 0 aliphatic heterocycles. The van der Waals surface area contributed by atoms with E-state index in [9.17, 15) is 4.79 Å². The minimum absolute atomic E-state index is 0. The lowest BCUT2D eigenvalue weighted by molar-refractivity contribution is -0.890. The summed E-state index contributed by atoms with van der Waals surface area (Å²) in [5, 5.41) is 0. The number of halogens is 1. The summed E-state index contributed by atoms with van der Waals surface area (Å²) in [5.74, 6) is -0.0151. The maximum atomic E-state index is 11.9. The van der Waals surface area contributed by atoms with Crippen molar-refractivity contribution in [1.29, 1.82) is 0 Å². The summed E-state index contributed by atoms with van der Waals surface area (Å²) in [7, 11) is 4.50. The number of nitrogens with zero attached hydrogens (tertiary/aromatic N) is 1. The van der Waals surface area contributed by atoms with Gasteiger partial charge in [-0.3, -0.25) is 4.79 Å². The van der Waals surface area contributed by atoms with Crippen molar-refractivity contribution in [2.75, 3.05) is 33.8 Å². The van der Waals surface area contributed by atoms with E-state index >= 15 is 0 Å². The molecule has 0 radical (unpaired) electrons. The van der Waals surface area contributed by atoms with Crippen LogP contribution >= 0.6 is 0 Å². The van der Waals surface area contributed by atoms with Gasteiger partial charge >= 0.3 is 5.97 Å². The second-order valence-corrected chi connectivity index (χ2v) is 9.03. The molecule has 0 N–H and O–H groups in total. The molecule has 0 fully saturated rings. The number of quaternary nitrogens is 1. The fourth-order valence-corrected chi connectivity index (χ4v) is 3.53. The van der Waals surface area contributed by atoms with Crippen LogP contribution in [0.2, 0.25) is 0 Å². The van der Waals surface area contributed by atoms with E-state index in [1.165, 1.54) is 83.6 Å². The highest BCUT2D eigenvalue weighted by Gasteiger charge is 2.15. The van der Waals surface area contributed by atoms with Crippen LogP contribution in [0.5, 0.6) is 0 Å². The lowest BCUT2D eigenvalue weighted by Gasteiger charge is -2.29. The van der Waals surface area contributed by atoms with Crippen molar-refractivity contribution in [2.45, 2.75) is 110 Å². The SMILES string of the molecule is C=CCCCCCCCCC(=O)OCC[N+](C)(C)CCCCCCCCCC.[Br-]. The molecule has 0 atom stereocenters. The van der Waals surface area contributed by atoms with Gasteiger partial charge in [-0.2, -0.15) is 0 Å². The lowest BCUT2D eigenvalue weighted by Crippen LogP contribution is -3.00. The molecule has 0 saturated carbocycles. The highest BCUT2D eigenvalue weighted by atomic mass is 79.9. The first kappa shape index (κ1) is 30.8. The van der Waals surface area contributed by atoms with Gasteiger partial charge in [0.15, 0.2) is 0 Å².